The van der Waals surface area contributed by atoms with Gasteiger partial charge in [-0.2, -0.15) is 0 Å². The predicted octanol–water partition coefficient (Wildman–Crippen LogP) is 5.07. The van der Waals surface area contributed by atoms with Crippen molar-refractivity contribution in [1.82, 2.24) is 0 Å². The molecule has 0 aromatic heterocycles. The average molecular weight is 387 g/mol. The van der Waals surface area contributed by atoms with E-state index >= 15 is 0 Å². The number of benzene rings is 2. The molecule has 0 aliphatic rings. The zero-order valence-corrected chi connectivity index (χ0v) is 17.3. The molecule has 1 unspecified atom stereocenters. The molecule has 0 aliphatic heterocycles. The van der Waals surface area contributed by atoms with Gasteiger partial charge in [-0.05, 0) is 67.3 Å². The van der Waals surface area contributed by atoms with Gasteiger partial charge in [0.15, 0.2) is 6.29 Å². The first-order valence-electron chi connectivity index (χ1n) is 10.3. The number of ether oxygens (including phenoxy) is 1. The van der Waals surface area contributed by atoms with Crippen molar-refractivity contribution in [1.29, 1.82) is 0 Å². The number of rotatable bonds is 11. The highest BCUT2D eigenvalue weighted by Gasteiger charge is 2.21. The molecule has 3 N–H and O–H groups in total. The predicted molar refractivity (Wildman–Crippen MR) is 112 cm³/mol. The fourth-order valence-corrected chi connectivity index (χ4v) is 3.43. The number of hydrogen-bond donors (Lipinski definition) is 3. The normalized spacial score (nSPS) is 13.0. The zero-order chi connectivity index (χ0) is 20.6. The average Bonchev–Trinajstić information content (AvgIpc) is 2.72. The van der Waals surface area contributed by atoms with Gasteiger partial charge in [0.1, 0.15) is 12.4 Å². The highest BCUT2D eigenvalue weighted by molar-refractivity contribution is 5.31. The third-order valence-electron chi connectivity index (χ3n) is 5.68. The molecule has 0 amide bonds. The minimum Gasteiger partial charge on any atom is -0.489 e. The molecular weight excluding hydrogens is 352 g/mol. The van der Waals surface area contributed by atoms with E-state index < -0.39 is 11.9 Å². The highest BCUT2D eigenvalue weighted by Crippen LogP contribution is 2.29. The summed E-state index contributed by atoms with van der Waals surface area (Å²) in [5.41, 5.74) is 2.06. The molecule has 154 valence electrons. The van der Waals surface area contributed by atoms with E-state index in [2.05, 4.69) is 19.1 Å². The van der Waals surface area contributed by atoms with Gasteiger partial charge in [0.2, 0.25) is 0 Å². The quantitative estimate of drug-likeness (QED) is 0.471. The van der Waals surface area contributed by atoms with E-state index in [-0.39, 0.29) is 0 Å². The first-order valence-corrected chi connectivity index (χ1v) is 10.3. The smallest absolute Gasteiger partial charge is 0.178 e. The third kappa shape index (κ3) is 6.62. The minimum atomic E-state index is -1.47. The van der Waals surface area contributed by atoms with Crippen molar-refractivity contribution >= 4 is 0 Å². The van der Waals surface area contributed by atoms with E-state index in [1.54, 1.807) is 18.2 Å². The van der Waals surface area contributed by atoms with Crippen LogP contribution in [-0.2, 0) is 6.61 Å². The van der Waals surface area contributed by atoms with E-state index in [1.807, 2.05) is 32.0 Å². The Morgan fingerprint density at radius 3 is 2.32 bits per heavy atom. The van der Waals surface area contributed by atoms with Gasteiger partial charge in [-0.1, -0.05) is 51.1 Å². The van der Waals surface area contributed by atoms with Crippen LogP contribution in [0.3, 0.4) is 0 Å². The van der Waals surface area contributed by atoms with Crippen molar-refractivity contribution in [3.63, 3.8) is 0 Å². The fraction of sp³-hybridized carbons (Fsp3) is 0.500. The molecule has 2 aromatic carbocycles. The van der Waals surface area contributed by atoms with Gasteiger partial charge in [0, 0.05) is 5.56 Å². The lowest BCUT2D eigenvalue weighted by molar-refractivity contribution is -0.0425. The molecule has 28 heavy (non-hydrogen) atoms. The topological polar surface area (TPSA) is 69.9 Å². The van der Waals surface area contributed by atoms with Crippen LogP contribution < -0.4 is 4.74 Å². The van der Waals surface area contributed by atoms with Crippen LogP contribution in [0.25, 0.3) is 0 Å². The summed E-state index contributed by atoms with van der Waals surface area (Å²) in [6.07, 6.45) is 3.00. The molecule has 0 aliphatic carbocycles. The van der Waals surface area contributed by atoms with Crippen molar-refractivity contribution in [2.75, 3.05) is 0 Å². The number of hydrogen-bond acceptors (Lipinski definition) is 4. The van der Waals surface area contributed by atoms with Crippen molar-refractivity contribution in [2.24, 2.45) is 0 Å². The Kier molecular flexibility index (Phi) is 8.49. The van der Waals surface area contributed by atoms with Crippen LogP contribution in [0.15, 0.2) is 48.5 Å². The van der Waals surface area contributed by atoms with Crippen molar-refractivity contribution < 1.29 is 20.1 Å². The van der Waals surface area contributed by atoms with E-state index in [0.29, 0.717) is 18.1 Å². The third-order valence-corrected chi connectivity index (χ3v) is 5.68. The summed E-state index contributed by atoms with van der Waals surface area (Å²) in [5, 5.41) is 29.0. The highest BCUT2D eigenvalue weighted by atomic mass is 16.5. The summed E-state index contributed by atoms with van der Waals surface area (Å²) in [6.45, 7) is 6.68. The van der Waals surface area contributed by atoms with Gasteiger partial charge in [-0.3, -0.25) is 0 Å². The van der Waals surface area contributed by atoms with Crippen molar-refractivity contribution in [3.8, 4) is 5.75 Å². The molecule has 0 saturated heterocycles. The Bertz CT molecular complexity index is 722. The van der Waals surface area contributed by atoms with E-state index in [4.69, 9.17) is 4.74 Å². The summed E-state index contributed by atoms with van der Waals surface area (Å²) in [5.74, 6) is 1.20. The molecule has 0 bridgehead atoms. The van der Waals surface area contributed by atoms with Gasteiger partial charge in [0.05, 0.1) is 5.60 Å². The maximum Gasteiger partial charge on any atom is 0.178 e. The Balaban J connectivity index is 1.91. The minimum absolute atomic E-state index is 0.373. The van der Waals surface area contributed by atoms with Gasteiger partial charge >= 0.3 is 0 Å². The Morgan fingerprint density at radius 2 is 1.64 bits per heavy atom. The fourth-order valence-electron chi connectivity index (χ4n) is 3.43. The first kappa shape index (κ1) is 22.4. The van der Waals surface area contributed by atoms with Gasteiger partial charge < -0.3 is 20.1 Å². The molecular formula is C24H34O4. The SMILES string of the molecule is CCC(O)(CC)CCCC(C)c1cccc(OCc2cccc(C(O)O)c2)c1. The maximum absolute atomic E-state index is 10.4. The summed E-state index contributed by atoms with van der Waals surface area (Å²) in [6, 6.07) is 15.2. The van der Waals surface area contributed by atoms with Crippen LogP contribution >= 0.6 is 0 Å². The van der Waals surface area contributed by atoms with Gasteiger partial charge in [-0.15, -0.1) is 0 Å². The summed E-state index contributed by atoms with van der Waals surface area (Å²) >= 11 is 0. The Morgan fingerprint density at radius 1 is 0.964 bits per heavy atom. The first-order chi connectivity index (χ1) is 13.4. The largest absolute Gasteiger partial charge is 0.489 e. The molecule has 2 aromatic rings. The Hall–Kier alpha value is -1.88. The van der Waals surface area contributed by atoms with E-state index in [0.717, 1.165) is 43.4 Å². The van der Waals surface area contributed by atoms with Crippen LogP contribution in [0.4, 0.5) is 0 Å². The van der Waals surface area contributed by atoms with Gasteiger partial charge in [0.25, 0.3) is 0 Å². The molecule has 4 nitrogen and oxygen atoms in total. The second-order valence-electron chi connectivity index (χ2n) is 7.70. The summed E-state index contributed by atoms with van der Waals surface area (Å²) in [7, 11) is 0. The van der Waals surface area contributed by atoms with Crippen LogP contribution in [-0.4, -0.2) is 20.9 Å². The second kappa shape index (κ2) is 10.6. The Labute approximate surface area is 168 Å². The van der Waals surface area contributed by atoms with Crippen LogP contribution in [0.5, 0.6) is 5.75 Å². The van der Waals surface area contributed by atoms with Crippen LogP contribution in [0, 0.1) is 0 Å². The zero-order valence-electron chi connectivity index (χ0n) is 17.3. The van der Waals surface area contributed by atoms with Crippen LogP contribution in [0.1, 0.15) is 81.8 Å². The van der Waals surface area contributed by atoms with E-state index in [9.17, 15) is 15.3 Å². The maximum atomic E-state index is 10.4. The molecule has 0 saturated carbocycles. The van der Waals surface area contributed by atoms with Gasteiger partial charge in [-0.25, -0.2) is 0 Å². The molecule has 1 atom stereocenters. The lowest BCUT2D eigenvalue weighted by Crippen LogP contribution is -2.26. The molecule has 2 rings (SSSR count). The monoisotopic (exact) mass is 386 g/mol. The van der Waals surface area contributed by atoms with E-state index in [1.165, 1.54) is 5.56 Å². The lowest BCUT2D eigenvalue weighted by Gasteiger charge is -2.25. The summed E-state index contributed by atoms with van der Waals surface area (Å²) < 4.78 is 5.91. The van der Waals surface area contributed by atoms with Crippen LogP contribution in [0.2, 0.25) is 0 Å². The number of aliphatic hydroxyl groups excluding tert-OH is 1. The van der Waals surface area contributed by atoms with Crippen molar-refractivity contribution in [3.05, 3.63) is 65.2 Å². The second-order valence-corrected chi connectivity index (χ2v) is 7.70. The molecule has 4 heteroatoms. The lowest BCUT2D eigenvalue weighted by atomic mass is 9.88. The summed E-state index contributed by atoms with van der Waals surface area (Å²) in [4.78, 5) is 0. The standard InChI is InChI=1S/C24H34O4/c1-4-24(27,5-2)14-8-9-18(3)20-11-7-13-22(16-20)28-17-19-10-6-12-21(15-19)23(25)26/h6-7,10-13,15-16,18,23,25-27H,4-5,8-9,14,17H2,1-3H3. The molecule has 0 spiro atoms. The van der Waals surface area contributed by atoms with Crippen molar-refractivity contribution in [2.45, 2.75) is 77.3 Å². The molecule has 0 heterocycles. The number of aliphatic hydroxyl groups is 3. The molecule has 0 radical (unpaired) electrons. The molecule has 0 fully saturated rings.